The molecule has 0 saturated carbocycles. The smallest absolute Gasteiger partial charge is 0.164 e. The van der Waals surface area contributed by atoms with Crippen LogP contribution in [0.2, 0.25) is 0 Å². The summed E-state index contributed by atoms with van der Waals surface area (Å²) in [6, 6.07) is 7.66. The minimum absolute atomic E-state index is 0.140. The minimum atomic E-state index is 0.140. The maximum Gasteiger partial charge on any atom is 0.164 e. The Bertz CT molecular complexity index is 979. The van der Waals surface area contributed by atoms with E-state index >= 15 is 0 Å². The fourth-order valence-corrected chi connectivity index (χ4v) is 4.13. The van der Waals surface area contributed by atoms with Crippen molar-refractivity contribution in [1.29, 1.82) is 0 Å². The fourth-order valence-electron chi connectivity index (χ4n) is 4.13. The lowest BCUT2D eigenvalue weighted by Gasteiger charge is -2.28. The van der Waals surface area contributed by atoms with Gasteiger partial charge in [0.2, 0.25) is 0 Å². The molecule has 0 N–H and O–H groups in total. The van der Waals surface area contributed by atoms with Crippen molar-refractivity contribution in [3.05, 3.63) is 53.6 Å². The van der Waals surface area contributed by atoms with Crippen molar-refractivity contribution in [2.75, 3.05) is 42.7 Å². The second-order valence-electron chi connectivity index (χ2n) is 7.45. The predicted molar refractivity (Wildman–Crippen MR) is 126 cm³/mol. The van der Waals surface area contributed by atoms with E-state index in [4.69, 9.17) is 28.4 Å². The average Bonchev–Trinajstić information content (AvgIpc) is 2.86. The summed E-state index contributed by atoms with van der Waals surface area (Å²) in [6.07, 6.45) is 10.8. The molecule has 1 aliphatic carbocycles. The number of benzene rings is 2. The minimum Gasteiger partial charge on any atom is -0.496 e. The zero-order valence-corrected chi connectivity index (χ0v) is 19.6. The Kier molecular flexibility index (Phi) is 7.92. The van der Waals surface area contributed by atoms with Crippen LogP contribution < -0.4 is 28.4 Å². The monoisotopic (exact) mass is 440 g/mol. The second-order valence-corrected chi connectivity index (χ2v) is 7.45. The molecule has 6 nitrogen and oxygen atoms in total. The molecule has 0 radical (unpaired) electrons. The molecule has 6 heteroatoms. The molecule has 1 aliphatic rings. The molecule has 32 heavy (non-hydrogen) atoms. The zero-order chi connectivity index (χ0) is 23.1. The quantitative estimate of drug-likeness (QED) is 0.480. The van der Waals surface area contributed by atoms with E-state index in [1.54, 1.807) is 42.7 Å². The Hall–Kier alpha value is -3.28. The Morgan fingerprint density at radius 3 is 1.78 bits per heavy atom. The van der Waals surface area contributed by atoms with Gasteiger partial charge in [-0.1, -0.05) is 24.3 Å². The van der Waals surface area contributed by atoms with Crippen molar-refractivity contribution in [2.45, 2.75) is 18.8 Å². The second kappa shape index (κ2) is 10.8. The summed E-state index contributed by atoms with van der Waals surface area (Å²) in [4.78, 5) is 0. The number of rotatable bonds is 9. The van der Waals surface area contributed by atoms with Crippen LogP contribution in [0.15, 0.2) is 42.5 Å². The van der Waals surface area contributed by atoms with Crippen molar-refractivity contribution in [3.63, 3.8) is 0 Å². The van der Waals surface area contributed by atoms with Gasteiger partial charge in [0.1, 0.15) is 11.5 Å². The largest absolute Gasteiger partial charge is 0.496 e. The number of methoxy groups -OCH3 is 6. The molecule has 3 rings (SSSR count). The third-order valence-electron chi connectivity index (χ3n) is 5.83. The molecule has 0 unspecified atom stereocenters. The van der Waals surface area contributed by atoms with Gasteiger partial charge in [-0.2, -0.15) is 0 Å². The first-order valence-corrected chi connectivity index (χ1v) is 10.5. The van der Waals surface area contributed by atoms with Gasteiger partial charge in [0.25, 0.3) is 0 Å². The molecule has 0 saturated heterocycles. The molecule has 0 aromatic heterocycles. The van der Waals surface area contributed by atoms with Crippen LogP contribution in [0, 0.1) is 5.92 Å². The highest BCUT2D eigenvalue weighted by Crippen LogP contribution is 2.44. The van der Waals surface area contributed by atoms with Gasteiger partial charge in [0.05, 0.1) is 42.7 Å². The van der Waals surface area contributed by atoms with E-state index in [2.05, 4.69) is 24.3 Å². The maximum absolute atomic E-state index is 5.70. The molecule has 0 spiro atoms. The van der Waals surface area contributed by atoms with Crippen LogP contribution in [-0.4, -0.2) is 42.7 Å². The molecule has 2 atom stereocenters. The highest BCUT2D eigenvalue weighted by Gasteiger charge is 2.26. The lowest BCUT2D eigenvalue weighted by atomic mass is 9.78. The molecule has 172 valence electrons. The van der Waals surface area contributed by atoms with E-state index in [9.17, 15) is 0 Å². The van der Waals surface area contributed by atoms with Crippen molar-refractivity contribution in [3.8, 4) is 34.5 Å². The highest BCUT2D eigenvalue weighted by atomic mass is 16.5. The first-order valence-electron chi connectivity index (χ1n) is 10.5. The fraction of sp³-hybridized carbons (Fsp3) is 0.385. The third kappa shape index (κ3) is 4.79. The summed E-state index contributed by atoms with van der Waals surface area (Å²) < 4.78 is 33.1. The molecule has 0 amide bonds. The van der Waals surface area contributed by atoms with Gasteiger partial charge >= 0.3 is 0 Å². The number of hydrogen-bond donors (Lipinski definition) is 0. The Balaban J connectivity index is 1.99. The molecular formula is C26H32O6. The lowest BCUT2D eigenvalue weighted by molar-refractivity contribution is 0.345. The summed E-state index contributed by atoms with van der Waals surface area (Å²) in [7, 11) is 9.84. The first kappa shape index (κ1) is 23.4. The van der Waals surface area contributed by atoms with Crippen LogP contribution in [0.5, 0.6) is 34.5 Å². The van der Waals surface area contributed by atoms with E-state index in [0.29, 0.717) is 23.0 Å². The van der Waals surface area contributed by atoms with Gasteiger partial charge in [0.15, 0.2) is 23.0 Å². The molecule has 2 aromatic carbocycles. The molecule has 0 heterocycles. The van der Waals surface area contributed by atoms with E-state index in [1.807, 2.05) is 24.3 Å². The van der Waals surface area contributed by atoms with Crippen LogP contribution >= 0.6 is 0 Å². The summed E-state index contributed by atoms with van der Waals surface area (Å²) in [6.45, 7) is 0. The van der Waals surface area contributed by atoms with Gasteiger partial charge in [0, 0.05) is 29.2 Å². The van der Waals surface area contributed by atoms with E-state index < -0.39 is 0 Å². The summed E-state index contributed by atoms with van der Waals surface area (Å²) in [5.74, 6) is 4.55. The lowest BCUT2D eigenvalue weighted by Crippen LogP contribution is -2.13. The molecule has 0 aliphatic heterocycles. The third-order valence-corrected chi connectivity index (χ3v) is 5.83. The van der Waals surface area contributed by atoms with Crippen LogP contribution in [0.1, 0.15) is 29.9 Å². The standard InChI is InChI=1S/C26H32O6/c1-27-21-15-25(31-5)23(29-3)13-18(21)12-11-17-9-7-8-10-19(17)20-14-24(30-4)26(32-6)16-22(20)28-2/h8,10-17,19H,7,9H2,1-6H3/b12-11+/t17-,19+/m1/s1. The normalized spacial score (nSPS) is 17.8. The number of allylic oxidation sites excluding steroid dienone is 3. The summed E-state index contributed by atoms with van der Waals surface area (Å²) in [5, 5.41) is 0. The topological polar surface area (TPSA) is 55.4 Å². The molecule has 2 aromatic rings. The SMILES string of the molecule is COc1cc(OC)c(OC)cc1/C=C/[C@H]1CCC=C[C@@H]1c1cc(OC)c(OC)cc1OC. The van der Waals surface area contributed by atoms with Crippen molar-refractivity contribution in [2.24, 2.45) is 5.92 Å². The molecule has 0 bridgehead atoms. The van der Waals surface area contributed by atoms with E-state index in [-0.39, 0.29) is 11.8 Å². The van der Waals surface area contributed by atoms with Crippen LogP contribution in [0.3, 0.4) is 0 Å². The van der Waals surface area contributed by atoms with Crippen molar-refractivity contribution < 1.29 is 28.4 Å². The van der Waals surface area contributed by atoms with Crippen LogP contribution in [-0.2, 0) is 0 Å². The Morgan fingerprint density at radius 2 is 1.19 bits per heavy atom. The van der Waals surface area contributed by atoms with Gasteiger partial charge in [-0.25, -0.2) is 0 Å². The average molecular weight is 441 g/mol. The number of ether oxygens (including phenoxy) is 6. The zero-order valence-electron chi connectivity index (χ0n) is 19.6. The summed E-state index contributed by atoms with van der Waals surface area (Å²) in [5.41, 5.74) is 1.99. The summed E-state index contributed by atoms with van der Waals surface area (Å²) >= 11 is 0. The van der Waals surface area contributed by atoms with Gasteiger partial charge in [-0.15, -0.1) is 0 Å². The molecular weight excluding hydrogens is 408 g/mol. The van der Waals surface area contributed by atoms with Crippen molar-refractivity contribution in [1.82, 2.24) is 0 Å². The number of hydrogen-bond acceptors (Lipinski definition) is 6. The van der Waals surface area contributed by atoms with Gasteiger partial charge in [-0.05, 0) is 30.9 Å². The van der Waals surface area contributed by atoms with Crippen LogP contribution in [0.4, 0.5) is 0 Å². The predicted octanol–water partition coefficient (Wildman–Crippen LogP) is 5.50. The van der Waals surface area contributed by atoms with Crippen LogP contribution in [0.25, 0.3) is 6.08 Å². The highest BCUT2D eigenvalue weighted by molar-refractivity contribution is 5.64. The van der Waals surface area contributed by atoms with Gasteiger partial charge < -0.3 is 28.4 Å². The van der Waals surface area contributed by atoms with E-state index in [0.717, 1.165) is 35.5 Å². The first-order chi connectivity index (χ1) is 15.6. The Morgan fingerprint density at radius 1 is 0.656 bits per heavy atom. The Labute approximate surface area is 190 Å². The van der Waals surface area contributed by atoms with Crippen molar-refractivity contribution >= 4 is 6.08 Å². The maximum atomic E-state index is 5.70. The van der Waals surface area contributed by atoms with Gasteiger partial charge in [-0.3, -0.25) is 0 Å². The molecule has 0 fully saturated rings. The van der Waals surface area contributed by atoms with E-state index in [1.165, 1.54) is 0 Å².